The molecule has 0 radical (unpaired) electrons. The minimum absolute atomic E-state index is 0.0563. The molecule has 0 aliphatic heterocycles. The summed E-state index contributed by atoms with van der Waals surface area (Å²) < 4.78 is 31.3. The summed E-state index contributed by atoms with van der Waals surface area (Å²) in [6.07, 6.45) is 0. The predicted molar refractivity (Wildman–Crippen MR) is 54.8 cm³/mol. The average molecular weight is 215 g/mol. The van der Waals surface area contributed by atoms with Gasteiger partial charge in [-0.05, 0) is 18.6 Å². The molecule has 1 atom stereocenters. The predicted octanol–water partition coefficient (Wildman–Crippen LogP) is 2.44. The lowest BCUT2D eigenvalue weighted by molar-refractivity contribution is -0.0698. The number of methoxy groups -OCH3 is 1. The van der Waals surface area contributed by atoms with Gasteiger partial charge >= 0.3 is 0 Å². The lowest BCUT2D eigenvalue weighted by Crippen LogP contribution is -2.20. The summed E-state index contributed by atoms with van der Waals surface area (Å²) in [7, 11) is 1.25. The molecule has 0 amide bonds. The Kier molecular flexibility index (Phi) is 3.77. The van der Waals surface area contributed by atoms with Crippen molar-refractivity contribution in [3.05, 3.63) is 35.4 Å². The fourth-order valence-corrected chi connectivity index (χ4v) is 1.31. The van der Waals surface area contributed by atoms with Crippen molar-refractivity contribution in [3.63, 3.8) is 0 Å². The first-order chi connectivity index (χ1) is 6.97. The normalized spacial score (nSPS) is 13.9. The Morgan fingerprint density at radius 3 is 2.67 bits per heavy atom. The van der Waals surface area contributed by atoms with E-state index in [0.717, 1.165) is 0 Å². The van der Waals surface area contributed by atoms with Crippen molar-refractivity contribution in [2.75, 3.05) is 13.7 Å². The van der Waals surface area contributed by atoms with Gasteiger partial charge < -0.3 is 10.5 Å². The molecule has 2 N–H and O–H groups in total. The number of ether oxygens (including phenoxy) is 1. The highest BCUT2D eigenvalue weighted by Gasteiger charge is 2.31. The van der Waals surface area contributed by atoms with Crippen LogP contribution >= 0.6 is 0 Å². The van der Waals surface area contributed by atoms with Gasteiger partial charge in [0.25, 0.3) is 5.92 Å². The molecule has 2 nitrogen and oxygen atoms in total. The van der Waals surface area contributed by atoms with Gasteiger partial charge in [0, 0.05) is 18.7 Å². The van der Waals surface area contributed by atoms with Crippen molar-refractivity contribution in [1.29, 1.82) is 0 Å². The van der Waals surface area contributed by atoms with E-state index >= 15 is 0 Å². The second kappa shape index (κ2) is 4.68. The highest BCUT2D eigenvalue weighted by Crippen LogP contribution is 2.29. The first-order valence-electron chi connectivity index (χ1n) is 4.70. The van der Waals surface area contributed by atoms with Crippen molar-refractivity contribution in [1.82, 2.24) is 0 Å². The Balaban J connectivity index is 2.99. The topological polar surface area (TPSA) is 35.2 Å². The van der Waals surface area contributed by atoms with Crippen LogP contribution in [0.3, 0.4) is 0 Å². The Morgan fingerprint density at radius 2 is 2.13 bits per heavy atom. The fourth-order valence-electron chi connectivity index (χ4n) is 1.31. The summed E-state index contributed by atoms with van der Waals surface area (Å²) in [5.41, 5.74) is 6.26. The van der Waals surface area contributed by atoms with Crippen LogP contribution in [0.2, 0.25) is 0 Å². The molecule has 0 spiro atoms. The monoisotopic (exact) mass is 215 g/mol. The van der Waals surface area contributed by atoms with Gasteiger partial charge in [-0.1, -0.05) is 18.2 Å². The third kappa shape index (κ3) is 2.97. The Bertz CT molecular complexity index is 326. The van der Waals surface area contributed by atoms with E-state index < -0.39 is 12.5 Å². The molecule has 1 aromatic carbocycles. The lowest BCUT2D eigenvalue weighted by Gasteiger charge is -2.17. The summed E-state index contributed by atoms with van der Waals surface area (Å²) in [4.78, 5) is 0. The lowest BCUT2D eigenvalue weighted by atomic mass is 10.0. The molecule has 1 unspecified atom stereocenters. The highest BCUT2D eigenvalue weighted by molar-refractivity contribution is 5.28. The van der Waals surface area contributed by atoms with Gasteiger partial charge in [0.1, 0.15) is 6.61 Å². The smallest absolute Gasteiger partial charge is 0.296 e. The van der Waals surface area contributed by atoms with Crippen LogP contribution in [0.25, 0.3) is 0 Å². The molecule has 0 aliphatic rings. The van der Waals surface area contributed by atoms with E-state index in [-0.39, 0.29) is 11.6 Å². The summed E-state index contributed by atoms with van der Waals surface area (Å²) >= 11 is 0. The van der Waals surface area contributed by atoms with Crippen molar-refractivity contribution in [2.24, 2.45) is 5.73 Å². The SMILES string of the molecule is COCC(F)(F)c1cccc(C(C)N)c1. The largest absolute Gasteiger partial charge is 0.378 e. The fraction of sp³-hybridized carbons (Fsp3) is 0.455. The number of rotatable bonds is 4. The number of hydrogen-bond donors (Lipinski definition) is 1. The van der Waals surface area contributed by atoms with E-state index in [4.69, 9.17) is 5.73 Å². The molecule has 15 heavy (non-hydrogen) atoms. The number of nitrogens with two attached hydrogens (primary N) is 1. The molecular formula is C11H15F2NO. The van der Waals surface area contributed by atoms with Crippen LogP contribution in [0.1, 0.15) is 24.1 Å². The van der Waals surface area contributed by atoms with Gasteiger partial charge in [-0.3, -0.25) is 0 Å². The molecule has 0 heterocycles. The van der Waals surface area contributed by atoms with Crippen LogP contribution in [0, 0.1) is 0 Å². The summed E-state index contributed by atoms with van der Waals surface area (Å²) in [6.45, 7) is 1.14. The summed E-state index contributed by atoms with van der Waals surface area (Å²) in [6, 6.07) is 5.87. The van der Waals surface area contributed by atoms with E-state index in [1.807, 2.05) is 0 Å². The molecule has 4 heteroatoms. The number of benzene rings is 1. The minimum atomic E-state index is -2.96. The van der Waals surface area contributed by atoms with Gasteiger partial charge in [0.05, 0.1) is 0 Å². The van der Waals surface area contributed by atoms with Crippen molar-refractivity contribution in [2.45, 2.75) is 18.9 Å². The van der Waals surface area contributed by atoms with Crippen molar-refractivity contribution >= 4 is 0 Å². The van der Waals surface area contributed by atoms with Gasteiger partial charge in [-0.15, -0.1) is 0 Å². The van der Waals surface area contributed by atoms with E-state index in [9.17, 15) is 8.78 Å². The first kappa shape index (κ1) is 12.1. The van der Waals surface area contributed by atoms with Crippen molar-refractivity contribution < 1.29 is 13.5 Å². The zero-order chi connectivity index (χ0) is 11.5. The third-order valence-corrected chi connectivity index (χ3v) is 2.16. The number of hydrogen-bond acceptors (Lipinski definition) is 2. The second-order valence-corrected chi connectivity index (χ2v) is 3.55. The van der Waals surface area contributed by atoms with Gasteiger partial charge in [-0.25, -0.2) is 0 Å². The quantitative estimate of drug-likeness (QED) is 0.837. The van der Waals surface area contributed by atoms with Gasteiger partial charge in [0.2, 0.25) is 0 Å². The minimum Gasteiger partial charge on any atom is -0.378 e. The summed E-state index contributed by atoms with van der Waals surface area (Å²) in [5, 5.41) is 0. The van der Waals surface area contributed by atoms with E-state index in [0.29, 0.717) is 5.56 Å². The summed E-state index contributed by atoms with van der Waals surface area (Å²) in [5.74, 6) is -2.96. The maximum absolute atomic E-state index is 13.4. The Labute approximate surface area is 88.0 Å². The van der Waals surface area contributed by atoms with Crippen LogP contribution in [-0.4, -0.2) is 13.7 Å². The second-order valence-electron chi connectivity index (χ2n) is 3.55. The van der Waals surface area contributed by atoms with Crippen LogP contribution in [-0.2, 0) is 10.7 Å². The van der Waals surface area contributed by atoms with Gasteiger partial charge in [0.15, 0.2) is 0 Å². The van der Waals surface area contributed by atoms with Crippen LogP contribution < -0.4 is 5.73 Å². The third-order valence-electron chi connectivity index (χ3n) is 2.16. The molecular weight excluding hydrogens is 200 g/mol. The average Bonchev–Trinajstić information content (AvgIpc) is 2.18. The Morgan fingerprint density at radius 1 is 1.47 bits per heavy atom. The van der Waals surface area contributed by atoms with Crippen LogP contribution in [0.15, 0.2) is 24.3 Å². The Hall–Kier alpha value is -1.00. The maximum Gasteiger partial charge on any atom is 0.296 e. The molecule has 0 aliphatic carbocycles. The standard InChI is InChI=1S/C11H15F2NO/c1-8(14)9-4-3-5-10(6-9)11(12,13)7-15-2/h3-6,8H,7,14H2,1-2H3. The molecule has 1 aromatic rings. The number of alkyl halides is 2. The van der Waals surface area contributed by atoms with Crippen molar-refractivity contribution in [3.8, 4) is 0 Å². The molecule has 0 saturated heterocycles. The first-order valence-corrected chi connectivity index (χ1v) is 4.70. The van der Waals surface area contributed by atoms with E-state index in [1.54, 1.807) is 19.1 Å². The van der Waals surface area contributed by atoms with E-state index in [2.05, 4.69) is 4.74 Å². The molecule has 0 saturated carbocycles. The van der Waals surface area contributed by atoms with Crippen LogP contribution in [0.5, 0.6) is 0 Å². The molecule has 0 bridgehead atoms. The zero-order valence-corrected chi connectivity index (χ0v) is 8.84. The number of halogens is 2. The molecule has 0 fully saturated rings. The van der Waals surface area contributed by atoms with Gasteiger partial charge in [-0.2, -0.15) is 8.78 Å². The molecule has 84 valence electrons. The van der Waals surface area contributed by atoms with E-state index in [1.165, 1.54) is 19.2 Å². The highest BCUT2D eigenvalue weighted by atomic mass is 19.3. The maximum atomic E-state index is 13.4. The zero-order valence-electron chi connectivity index (χ0n) is 8.84. The molecule has 1 rings (SSSR count). The molecule has 0 aromatic heterocycles. The van der Waals surface area contributed by atoms with Crippen LogP contribution in [0.4, 0.5) is 8.78 Å².